The minimum atomic E-state index is -0.515. The summed E-state index contributed by atoms with van der Waals surface area (Å²) in [6, 6.07) is 5.44. The van der Waals surface area contributed by atoms with Crippen LogP contribution in [0.3, 0.4) is 0 Å². The highest BCUT2D eigenvalue weighted by atomic mass is 16.5. The molecule has 1 aliphatic carbocycles. The summed E-state index contributed by atoms with van der Waals surface area (Å²) in [6.45, 7) is 4.09. The molecular weight excluding hydrogens is 310 g/mol. The summed E-state index contributed by atoms with van der Waals surface area (Å²) in [6.07, 6.45) is 2.20. The second-order valence-corrected chi connectivity index (χ2v) is 6.48. The minimum absolute atomic E-state index is 0.105. The van der Waals surface area contributed by atoms with Crippen molar-refractivity contribution in [3.63, 3.8) is 0 Å². The lowest BCUT2D eigenvalue weighted by molar-refractivity contribution is -0.151. The average Bonchev–Trinajstić information content (AvgIpc) is 3.32. The van der Waals surface area contributed by atoms with Gasteiger partial charge in [0.25, 0.3) is 6.47 Å². The molecule has 1 aromatic rings. The van der Waals surface area contributed by atoms with Gasteiger partial charge < -0.3 is 14.8 Å². The van der Waals surface area contributed by atoms with Crippen LogP contribution in [0, 0.1) is 5.41 Å². The lowest BCUT2D eigenvalue weighted by Crippen LogP contribution is -2.43. The number of nitrogens with one attached hydrogen (secondary N) is 1. The van der Waals surface area contributed by atoms with E-state index in [9.17, 15) is 14.4 Å². The molecule has 24 heavy (non-hydrogen) atoms. The number of aldehydes is 1. The molecule has 2 atom stereocenters. The molecule has 0 aromatic heterocycles. The molecule has 1 aliphatic heterocycles. The first kappa shape index (κ1) is 16.6. The second-order valence-electron chi connectivity index (χ2n) is 6.48. The normalized spacial score (nSPS) is 27.7. The van der Waals surface area contributed by atoms with E-state index in [1.807, 2.05) is 19.1 Å². The molecule has 1 N–H and O–H groups in total. The quantitative estimate of drug-likeness (QED) is 0.600. The minimum Gasteiger partial charge on any atom is -0.466 e. The smallest absolute Gasteiger partial charge is 0.313 e. The first-order valence-corrected chi connectivity index (χ1v) is 8.15. The zero-order valence-corrected chi connectivity index (χ0v) is 13.7. The highest BCUT2D eigenvalue weighted by Crippen LogP contribution is 2.68. The Bertz CT molecular complexity index is 673. The molecule has 128 valence electrons. The summed E-state index contributed by atoms with van der Waals surface area (Å²) in [5.41, 5.74) is 1.31. The zero-order valence-electron chi connectivity index (χ0n) is 13.7. The van der Waals surface area contributed by atoms with E-state index in [4.69, 9.17) is 9.47 Å². The van der Waals surface area contributed by atoms with E-state index in [1.54, 1.807) is 6.07 Å². The van der Waals surface area contributed by atoms with Crippen LogP contribution in [-0.2, 0) is 31.1 Å². The van der Waals surface area contributed by atoms with Crippen molar-refractivity contribution in [2.45, 2.75) is 31.8 Å². The maximum atomic E-state index is 12.6. The third kappa shape index (κ3) is 2.51. The number of rotatable bonds is 7. The van der Waals surface area contributed by atoms with Crippen molar-refractivity contribution in [2.75, 3.05) is 19.7 Å². The molecular formula is C18H21NO5. The monoisotopic (exact) mass is 331 g/mol. The largest absolute Gasteiger partial charge is 0.466 e. The lowest BCUT2D eigenvalue weighted by atomic mass is 9.80. The maximum Gasteiger partial charge on any atom is 0.313 e. The molecule has 0 spiro atoms. The van der Waals surface area contributed by atoms with Gasteiger partial charge in [-0.25, -0.2) is 0 Å². The summed E-state index contributed by atoms with van der Waals surface area (Å²) >= 11 is 0. The van der Waals surface area contributed by atoms with Gasteiger partial charge in [-0.2, -0.15) is 0 Å². The molecule has 2 unspecified atom stereocenters. The van der Waals surface area contributed by atoms with Gasteiger partial charge in [0.2, 0.25) is 0 Å². The molecule has 0 amide bonds. The Hall–Kier alpha value is -2.21. The molecule has 0 bridgehead atoms. The van der Waals surface area contributed by atoms with E-state index in [-0.39, 0.29) is 18.0 Å². The van der Waals surface area contributed by atoms with Crippen LogP contribution >= 0.6 is 0 Å². The number of carbonyl (C=O) groups is 3. The Balaban J connectivity index is 1.99. The Labute approximate surface area is 140 Å². The van der Waals surface area contributed by atoms with E-state index in [0.29, 0.717) is 31.6 Å². The fraction of sp³-hybridized carbons (Fsp3) is 0.500. The van der Waals surface area contributed by atoms with Gasteiger partial charge in [0.05, 0.1) is 12.0 Å². The Morgan fingerprint density at radius 3 is 2.88 bits per heavy atom. The van der Waals surface area contributed by atoms with Gasteiger partial charge in [-0.05, 0) is 49.6 Å². The Morgan fingerprint density at radius 2 is 2.17 bits per heavy atom. The summed E-state index contributed by atoms with van der Waals surface area (Å²) in [5.74, 6) is -0.159. The van der Waals surface area contributed by atoms with Gasteiger partial charge in [0.1, 0.15) is 12.9 Å². The van der Waals surface area contributed by atoms with E-state index < -0.39 is 5.41 Å². The summed E-state index contributed by atoms with van der Waals surface area (Å²) in [5, 5.41) is 3.35. The standard InChI is InChI=1S/C18H21NO5/c1-2-24-16(22)17-3-4-19-11-18(17,10-17)15-6-13(8-20)5-14(7-15)9-23-12-21/h5-8,12,19H,2-4,9-11H2,1H3. The Morgan fingerprint density at radius 1 is 1.33 bits per heavy atom. The van der Waals surface area contributed by atoms with Crippen LogP contribution in [0.25, 0.3) is 0 Å². The third-order valence-corrected chi connectivity index (χ3v) is 5.24. The summed E-state index contributed by atoms with van der Waals surface area (Å²) in [4.78, 5) is 34.3. The van der Waals surface area contributed by atoms with Crippen molar-refractivity contribution in [1.82, 2.24) is 5.32 Å². The second kappa shape index (κ2) is 6.36. The highest BCUT2D eigenvalue weighted by Gasteiger charge is 2.73. The molecule has 6 nitrogen and oxygen atoms in total. The van der Waals surface area contributed by atoms with Gasteiger partial charge in [-0.15, -0.1) is 0 Å². The number of carbonyl (C=O) groups excluding carboxylic acids is 3. The fourth-order valence-corrected chi connectivity index (χ4v) is 4.03. The molecule has 0 radical (unpaired) electrons. The van der Waals surface area contributed by atoms with Crippen LogP contribution < -0.4 is 5.32 Å². The van der Waals surface area contributed by atoms with Crippen LogP contribution in [-0.4, -0.2) is 38.4 Å². The number of esters is 1. The van der Waals surface area contributed by atoms with Crippen LogP contribution in [0.4, 0.5) is 0 Å². The number of benzene rings is 1. The number of piperidine rings is 1. The van der Waals surface area contributed by atoms with Crippen LogP contribution in [0.2, 0.25) is 0 Å². The van der Waals surface area contributed by atoms with Crippen molar-refractivity contribution in [2.24, 2.45) is 5.41 Å². The topological polar surface area (TPSA) is 81.7 Å². The predicted molar refractivity (Wildman–Crippen MR) is 85.5 cm³/mol. The van der Waals surface area contributed by atoms with Crippen LogP contribution in [0.15, 0.2) is 18.2 Å². The SMILES string of the molecule is CCOC(=O)C12CCNCC1(c1cc(C=O)cc(COC=O)c1)C2. The first-order valence-electron chi connectivity index (χ1n) is 8.15. The van der Waals surface area contributed by atoms with Crippen molar-refractivity contribution < 1.29 is 23.9 Å². The van der Waals surface area contributed by atoms with Gasteiger partial charge in [-0.1, -0.05) is 6.07 Å². The molecule has 6 heteroatoms. The first-order chi connectivity index (χ1) is 11.6. The van der Waals surface area contributed by atoms with Gasteiger partial charge in [-0.3, -0.25) is 14.4 Å². The third-order valence-electron chi connectivity index (χ3n) is 5.24. The molecule has 2 aliphatic rings. The Kier molecular flexibility index (Phi) is 4.41. The number of fused-ring (bicyclic) bond motifs is 1. The van der Waals surface area contributed by atoms with Crippen LogP contribution in [0.1, 0.15) is 41.3 Å². The highest BCUT2D eigenvalue weighted by molar-refractivity contribution is 5.85. The van der Waals surface area contributed by atoms with Crippen molar-refractivity contribution in [1.29, 1.82) is 0 Å². The predicted octanol–water partition coefficient (Wildman–Crippen LogP) is 1.36. The van der Waals surface area contributed by atoms with E-state index in [1.165, 1.54) is 0 Å². The molecule has 1 saturated carbocycles. The molecule has 1 aromatic carbocycles. The summed E-state index contributed by atoms with van der Waals surface area (Å²) < 4.78 is 10.1. The zero-order chi connectivity index (χ0) is 17.2. The fourth-order valence-electron chi connectivity index (χ4n) is 4.03. The van der Waals surface area contributed by atoms with Crippen molar-refractivity contribution in [3.05, 3.63) is 34.9 Å². The molecule has 3 rings (SSSR count). The molecule has 1 heterocycles. The van der Waals surface area contributed by atoms with Crippen LogP contribution in [0.5, 0.6) is 0 Å². The average molecular weight is 331 g/mol. The van der Waals surface area contributed by atoms with E-state index in [0.717, 1.165) is 30.4 Å². The molecule has 1 saturated heterocycles. The van der Waals surface area contributed by atoms with Gasteiger partial charge in [0, 0.05) is 17.5 Å². The van der Waals surface area contributed by atoms with Gasteiger partial charge >= 0.3 is 5.97 Å². The van der Waals surface area contributed by atoms with E-state index >= 15 is 0 Å². The van der Waals surface area contributed by atoms with Gasteiger partial charge in [0.15, 0.2) is 0 Å². The lowest BCUT2D eigenvalue weighted by Gasteiger charge is -2.30. The number of hydrogen-bond acceptors (Lipinski definition) is 6. The summed E-state index contributed by atoms with van der Waals surface area (Å²) in [7, 11) is 0. The van der Waals surface area contributed by atoms with Crippen molar-refractivity contribution >= 4 is 18.7 Å². The van der Waals surface area contributed by atoms with Crippen molar-refractivity contribution in [3.8, 4) is 0 Å². The number of ether oxygens (including phenoxy) is 2. The number of hydrogen-bond donors (Lipinski definition) is 1. The molecule has 2 fully saturated rings. The maximum absolute atomic E-state index is 12.6. The van der Waals surface area contributed by atoms with E-state index in [2.05, 4.69) is 5.32 Å².